The molecule has 0 spiro atoms. The topological polar surface area (TPSA) is 41.8 Å². The van der Waals surface area contributed by atoms with E-state index in [1.807, 2.05) is 30.3 Å². The van der Waals surface area contributed by atoms with E-state index >= 15 is 0 Å². The van der Waals surface area contributed by atoms with Gasteiger partial charge in [0.2, 0.25) is 0 Å². The van der Waals surface area contributed by atoms with Crippen molar-refractivity contribution in [3.8, 4) is 0 Å². The first-order chi connectivity index (χ1) is 6.38. The summed E-state index contributed by atoms with van der Waals surface area (Å²) in [5.41, 5.74) is 0.961. The van der Waals surface area contributed by atoms with E-state index < -0.39 is 0 Å². The summed E-state index contributed by atoms with van der Waals surface area (Å²) in [7, 11) is 0. The maximum atomic E-state index is 11.4. The highest BCUT2D eigenvalue weighted by Crippen LogP contribution is 2.15. The molecule has 1 aliphatic heterocycles. The highest BCUT2D eigenvalue weighted by molar-refractivity contribution is 6.34. The average Bonchev–Trinajstić information content (AvgIpc) is 2.20. The molecular formula is C10H8N2O. The molecule has 0 saturated carbocycles. The lowest BCUT2D eigenvalue weighted by atomic mass is 9.96. The zero-order valence-corrected chi connectivity index (χ0v) is 6.92. The first-order valence-electron chi connectivity index (χ1n) is 4.03. The number of rotatable bonds is 1. The van der Waals surface area contributed by atoms with Gasteiger partial charge in [-0.2, -0.15) is 10.2 Å². The zero-order chi connectivity index (χ0) is 9.10. The van der Waals surface area contributed by atoms with E-state index in [1.165, 1.54) is 6.21 Å². The van der Waals surface area contributed by atoms with E-state index in [0.29, 0.717) is 0 Å². The number of Topliss-reactive ketones (excluding diaryl/α,β-unsaturated/α-hetero) is 1. The summed E-state index contributed by atoms with van der Waals surface area (Å²) in [6, 6.07) is 9.55. The van der Waals surface area contributed by atoms with Crippen LogP contribution in [0.3, 0.4) is 0 Å². The van der Waals surface area contributed by atoms with Crippen LogP contribution in [-0.2, 0) is 4.79 Å². The van der Waals surface area contributed by atoms with Gasteiger partial charge in [0.05, 0.1) is 12.1 Å². The fourth-order valence-electron chi connectivity index (χ4n) is 1.26. The van der Waals surface area contributed by atoms with Crippen LogP contribution in [-0.4, -0.2) is 18.2 Å². The molecule has 1 aromatic carbocycles. The van der Waals surface area contributed by atoms with Gasteiger partial charge in [-0.1, -0.05) is 30.3 Å². The van der Waals surface area contributed by atoms with Gasteiger partial charge >= 0.3 is 0 Å². The lowest BCUT2D eigenvalue weighted by molar-refractivity contribution is -0.112. The van der Waals surface area contributed by atoms with Crippen LogP contribution >= 0.6 is 0 Å². The van der Waals surface area contributed by atoms with Gasteiger partial charge in [0.25, 0.3) is 0 Å². The maximum Gasteiger partial charge on any atom is 0.188 e. The van der Waals surface area contributed by atoms with E-state index in [0.717, 1.165) is 5.56 Å². The molecule has 3 nitrogen and oxygen atoms in total. The van der Waals surface area contributed by atoms with Crippen molar-refractivity contribution in [1.82, 2.24) is 0 Å². The fraction of sp³-hybridized carbons (Fsp3) is 0.100. The Balaban J connectivity index is 2.32. The third kappa shape index (κ3) is 1.54. The Morgan fingerprint density at radius 1 is 1.08 bits per heavy atom. The molecule has 1 aliphatic rings. The van der Waals surface area contributed by atoms with Crippen LogP contribution in [0.25, 0.3) is 0 Å². The molecule has 13 heavy (non-hydrogen) atoms. The Hall–Kier alpha value is -1.77. The lowest BCUT2D eigenvalue weighted by Gasteiger charge is -2.09. The van der Waals surface area contributed by atoms with E-state index in [4.69, 9.17) is 0 Å². The number of hydrogen-bond donors (Lipinski definition) is 0. The number of carbonyl (C=O) groups is 1. The molecule has 1 unspecified atom stereocenters. The largest absolute Gasteiger partial charge is 0.292 e. The Morgan fingerprint density at radius 2 is 1.85 bits per heavy atom. The molecule has 0 aliphatic carbocycles. The van der Waals surface area contributed by atoms with E-state index in [2.05, 4.69) is 10.2 Å². The maximum absolute atomic E-state index is 11.4. The van der Waals surface area contributed by atoms with Crippen molar-refractivity contribution >= 4 is 18.2 Å². The zero-order valence-electron chi connectivity index (χ0n) is 6.92. The van der Waals surface area contributed by atoms with Gasteiger partial charge in [-0.05, 0) is 5.56 Å². The van der Waals surface area contributed by atoms with Gasteiger partial charge in [0, 0.05) is 6.21 Å². The summed E-state index contributed by atoms with van der Waals surface area (Å²) in [5.74, 6) is -0.264. The van der Waals surface area contributed by atoms with Crippen molar-refractivity contribution in [1.29, 1.82) is 0 Å². The molecule has 1 atom stereocenters. The Morgan fingerprint density at radius 3 is 2.54 bits per heavy atom. The molecule has 0 radical (unpaired) electrons. The number of carbonyl (C=O) groups excluding carboxylic acids is 1. The van der Waals surface area contributed by atoms with Crippen molar-refractivity contribution in [2.24, 2.45) is 10.2 Å². The Bertz CT molecular complexity index is 368. The highest BCUT2D eigenvalue weighted by Gasteiger charge is 2.18. The second-order valence-electron chi connectivity index (χ2n) is 2.80. The molecule has 2 rings (SSSR count). The van der Waals surface area contributed by atoms with Crippen molar-refractivity contribution < 1.29 is 4.79 Å². The first kappa shape index (κ1) is 7.86. The van der Waals surface area contributed by atoms with Gasteiger partial charge < -0.3 is 0 Å². The van der Waals surface area contributed by atoms with Crippen LogP contribution in [0.15, 0.2) is 40.5 Å². The van der Waals surface area contributed by atoms with Crippen molar-refractivity contribution in [3.63, 3.8) is 0 Å². The minimum absolute atomic E-state index is 0.0128. The Labute approximate surface area is 75.8 Å². The van der Waals surface area contributed by atoms with Crippen LogP contribution < -0.4 is 0 Å². The number of benzene rings is 1. The SMILES string of the molecule is O=C1C=NN=CC1c1ccccc1. The monoisotopic (exact) mass is 172 g/mol. The summed E-state index contributed by atoms with van der Waals surface area (Å²) in [6.45, 7) is 0. The van der Waals surface area contributed by atoms with E-state index in [9.17, 15) is 4.79 Å². The summed E-state index contributed by atoms with van der Waals surface area (Å²) in [6.07, 6.45) is 2.83. The van der Waals surface area contributed by atoms with Crippen LogP contribution in [0.1, 0.15) is 11.5 Å². The Kier molecular flexibility index (Phi) is 2.00. The highest BCUT2D eigenvalue weighted by atomic mass is 16.1. The minimum atomic E-state index is -0.251. The van der Waals surface area contributed by atoms with Gasteiger partial charge in [-0.3, -0.25) is 4.79 Å². The smallest absolute Gasteiger partial charge is 0.188 e. The second-order valence-corrected chi connectivity index (χ2v) is 2.80. The fourth-order valence-corrected chi connectivity index (χ4v) is 1.26. The molecule has 64 valence electrons. The van der Waals surface area contributed by atoms with Gasteiger partial charge in [-0.25, -0.2) is 0 Å². The normalized spacial score (nSPS) is 20.6. The summed E-state index contributed by atoms with van der Waals surface area (Å²) >= 11 is 0. The minimum Gasteiger partial charge on any atom is -0.292 e. The van der Waals surface area contributed by atoms with Crippen LogP contribution in [0.2, 0.25) is 0 Å². The molecule has 1 aromatic rings. The van der Waals surface area contributed by atoms with Crippen molar-refractivity contribution in [2.75, 3.05) is 0 Å². The molecule has 1 heterocycles. The van der Waals surface area contributed by atoms with Gasteiger partial charge in [-0.15, -0.1) is 0 Å². The standard InChI is InChI=1S/C10H8N2O/c13-10-7-12-11-6-9(10)8-4-2-1-3-5-8/h1-7,9H. The third-order valence-corrected chi connectivity index (χ3v) is 1.93. The second kappa shape index (κ2) is 3.31. The molecule has 0 saturated heterocycles. The molecule has 0 N–H and O–H groups in total. The summed E-state index contributed by atoms with van der Waals surface area (Å²) in [5, 5.41) is 7.24. The first-order valence-corrected chi connectivity index (χ1v) is 4.03. The summed E-state index contributed by atoms with van der Waals surface area (Å²) in [4.78, 5) is 11.4. The van der Waals surface area contributed by atoms with E-state index in [-0.39, 0.29) is 11.7 Å². The van der Waals surface area contributed by atoms with E-state index in [1.54, 1.807) is 6.21 Å². The van der Waals surface area contributed by atoms with Crippen LogP contribution in [0.5, 0.6) is 0 Å². The molecule has 0 aromatic heterocycles. The molecule has 0 bridgehead atoms. The quantitative estimate of drug-likeness (QED) is 0.631. The average molecular weight is 172 g/mol. The lowest BCUT2D eigenvalue weighted by Crippen LogP contribution is -2.17. The number of ketones is 1. The van der Waals surface area contributed by atoms with Crippen LogP contribution in [0, 0.1) is 0 Å². The van der Waals surface area contributed by atoms with Crippen molar-refractivity contribution in [2.45, 2.75) is 5.92 Å². The number of hydrogen-bond acceptors (Lipinski definition) is 3. The summed E-state index contributed by atoms with van der Waals surface area (Å²) < 4.78 is 0. The van der Waals surface area contributed by atoms with Gasteiger partial charge in [0.15, 0.2) is 5.78 Å². The van der Waals surface area contributed by atoms with Crippen LogP contribution in [0.4, 0.5) is 0 Å². The predicted molar refractivity (Wildman–Crippen MR) is 51.2 cm³/mol. The molecule has 0 fully saturated rings. The van der Waals surface area contributed by atoms with Gasteiger partial charge in [0.1, 0.15) is 0 Å². The number of nitrogens with zero attached hydrogens (tertiary/aromatic N) is 2. The molecular weight excluding hydrogens is 164 g/mol. The molecule has 3 heteroatoms. The third-order valence-electron chi connectivity index (χ3n) is 1.93. The predicted octanol–water partition coefficient (Wildman–Crippen LogP) is 1.41. The van der Waals surface area contributed by atoms with Crippen molar-refractivity contribution in [3.05, 3.63) is 35.9 Å². The molecule has 0 amide bonds.